The van der Waals surface area contributed by atoms with Crippen LogP contribution >= 0.6 is 0 Å². The molecule has 1 fully saturated rings. The molecule has 0 spiro atoms. The molecule has 1 aliphatic rings. The van der Waals surface area contributed by atoms with Gasteiger partial charge in [-0.15, -0.1) is 0 Å². The van der Waals surface area contributed by atoms with E-state index >= 15 is 0 Å². The van der Waals surface area contributed by atoms with Crippen LogP contribution in [0.3, 0.4) is 0 Å². The minimum Gasteiger partial charge on any atom is -0.493 e. The number of amides is 4. The van der Waals surface area contributed by atoms with Crippen LogP contribution in [0.2, 0.25) is 0 Å². The van der Waals surface area contributed by atoms with Crippen molar-refractivity contribution in [1.82, 2.24) is 10.3 Å². The number of fused-ring (bicyclic) bond motifs is 1. The smallest absolute Gasteiger partial charge is 0.335 e. The van der Waals surface area contributed by atoms with E-state index in [-0.39, 0.29) is 5.57 Å². The molecule has 0 saturated carbocycles. The highest BCUT2D eigenvalue weighted by molar-refractivity contribution is 6.39. The Morgan fingerprint density at radius 3 is 2.55 bits per heavy atom. The van der Waals surface area contributed by atoms with E-state index in [1.807, 2.05) is 37.3 Å². The van der Waals surface area contributed by atoms with Gasteiger partial charge in [0.15, 0.2) is 0 Å². The van der Waals surface area contributed by atoms with Gasteiger partial charge in [0, 0.05) is 18.0 Å². The van der Waals surface area contributed by atoms with E-state index < -0.39 is 17.8 Å². The number of carbonyl (C=O) groups is 3. The zero-order chi connectivity index (χ0) is 20.4. The highest BCUT2D eigenvalue weighted by Gasteiger charge is 2.37. The number of benzene rings is 2. The van der Waals surface area contributed by atoms with Crippen LogP contribution in [0.15, 0.2) is 66.5 Å². The Bertz CT molecular complexity index is 1160. The summed E-state index contributed by atoms with van der Waals surface area (Å²) in [4.78, 5) is 42.7. The second-order valence-electron chi connectivity index (χ2n) is 6.29. The number of hydrogen-bond acceptors (Lipinski definition) is 5. The number of hydrogen-bond donors (Lipinski definition) is 1. The largest absolute Gasteiger partial charge is 0.493 e. The lowest BCUT2D eigenvalue weighted by Crippen LogP contribution is -2.54. The maximum Gasteiger partial charge on any atom is 0.335 e. The van der Waals surface area contributed by atoms with Gasteiger partial charge in [-0.2, -0.15) is 0 Å². The van der Waals surface area contributed by atoms with E-state index in [0.717, 1.165) is 15.7 Å². The Hall–Kier alpha value is -4.00. The number of carbonyl (C=O) groups excluding carboxylic acids is 3. The molecule has 2 heterocycles. The number of urea groups is 1. The number of imide groups is 2. The molecule has 144 valence electrons. The van der Waals surface area contributed by atoms with Crippen LogP contribution in [0.1, 0.15) is 12.5 Å². The molecule has 0 aliphatic carbocycles. The molecule has 2 aromatic carbocycles. The summed E-state index contributed by atoms with van der Waals surface area (Å²) in [5.74, 6) is -0.910. The molecule has 1 saturated heterocycles. The highest BCUT2D eigenvalue weighted by Crippen LogP contribution is 2.31. The maximum atomic E-state index is 13.1. The van der Waals surface area contributed by atoms with Crippen LogP contribution in [-0.2, 0) is 9.59 Å². The summed E-state index contributed by atoms with van der Waals surface area (Å²) in [5.41, 5.74) is 0.773. The molecule has 1 N–H and O–H groups in total. The zero-order valence-corrected chi connectivity index (χ0v) is 15.6. The fourth-order valence-electron chi connectivity index (χ4n) is 3.24. The zero-order valence-electron chi connectivity index (χ0n) is 15.6. The van der Waals surface area contributed by atoms with Crippen molar-refractivity contribution in [1.29, 1.82) is 0 Å². The molecule has 0 atom stereocenters. The van der Waals surface area contributed by atoms with Crippen molar-refractivity contribution < 1.29 is 19.1 Å². The number of nitrogens with zero attached hydrogens (tertiary/aromatic N) is 2. The van der Waals surface area contributed by atoms with Crippen LogP contribution in [-0.4, -0.2) is 29.4 Å². The predicted molar refractivity (Wildman–Crippen MR) is 108 cm³/mol. The van der Waals surface area contributed by atoms with Crippen LogP contribution in [0, 0.1) is 0 Å². The summed E-state index contributed by atoms with van der Waals surface area (Å²) in [6.45, 7) is 2.28. The Labute approximate surface area is 166 Å². The van der Waals surface area contributed by atoms with E-state index in [1.54, 1.807) is 6.07 Å². The Morgan fingerprint density at radius 1 is 1.03 bits per heavy atom. The SMILES string of the molecule is CCOc1ccc2ccccc2c1/C=C1\C(=O)NC(=O)N(c2ccncc2)C1=O. The van der Waals surface area contributed by atoms with Crippen molar-refractivity contribution in [3.05, 3.63) is 72.1 Å². The summed E-state index contributed by atoms with van der Waals surface area (Å²) >= 11 is 0. The average molecular weight is 387 g/mol. The average Bonchev–Trinajstić information content (AvgIpc) is 2.73. The Morgan fingerprint density at radius 2 is 1.79 bits per heavy atom. The number of pyridine rings is 1. The lowest BCUT2D eigenvalue weighted by Gasteiger charge is -2.26. The maximum absolute atomic E-state index is 13.1. The third-order valence-corrected chi connectivity index (χ3v) is 4.54. The number of barbiturate groups is 1. The fraction of sp³-hybridized carbons (Fsp3) is 0.0909. The van der Waals surface area contributed by atoms with Crippen molar-refractivity contribution in [2.45, 2.75) is 6.92 Å². The fourth-order valence-corrected chi connectivity index (χ4v) is 3.24. The van der Waals surface area contributed by atoms with Crippen LogP contribution in [0.25, 0.3) is 16.8 Å². The third kappa shape index (κ3) is 3.34. The van der Waals surface area contributed by atoms with Gasteiger partial charge < -0.3 is 4.74 Å². The standard InChI is InChI=1S/C22H17N3O4/c1-2-29-19-8-7-14-5-3-4-6-16(14)17(19)13-18-20(26)24-22(28)25(21(18)27)15-9-11-23-12-10-15/h3-13H,2H2,1H3,(H,24,26,28)/b18-13+. The van der Waals surface area contributed by atoms with Crippen LogP contribution in [0.5, 0.6) is 5.75 Å². The molecule has 1 aliphatic heterocycles. The van der Waals surface area contributed by atoms with E-state index in [0.29, 0.717) is 23.6 Å². The second kappa shape index (κ2) is 7.55. The van der Waals surface area contributed by atoms with Gasteiger partial charge in [-0.3, -0.25) is 19.9 Å². The minimum atomic E-state index is -0.800. The highest BCUT2D eigenvalue weighted by atomic mass is 16.5. The molecule has 4 rings (SSSR count). The monoisotopic (exact) mass is 387 g/mol. The van der Waals surface area contributed by atoms with Gasteiger partial charge in [0.2, 0.25) is 0 Å². The third-order valence-electron chi connectivity index (χ3n) is 4.54. The van der Waals surface area contributed by atoms with E-state index in [4.69, 9.17) is 4.74 Å². The summed E-state index contributed by atoms with van der Waals surface area (Å²) in [5, 5.41) is 4.00. The van der Waals surface area contributed by atoms with Gasteiger partial charge >= 0.3 is 6.03 Å². The van der Waals surface area contributed by atoms with Gasteiger partial charge in [-0.25, -0.2) is 9.69 Å². The quantitative estimate of drug-likeness (QED) is 0.548. The molecule has 3 aromatic rings. The van der Waals surface area contributed by atoms with Crippen molar-refractivity contribution in [2.75, 3.05) is 11.5 Å². The first kappa shape index (κ1) is 18.4. The van der Waals surface area contributed by atoms with Crippen LogP contribution < -0.4 is 15.0 Å². The first-order valence-corrected chi connectivity index (χ1v) is 9.06. The van der Waals surface area contributed by atoms with Gasteiger partial charge in [0.05, 0.1) is 12.3 Å². The molecular formula is C22H17N3O4. The number of rotatable bonds is 4. The summed E-state index contributed by atoms with van der Waals surface area (Å²) in [6, 6.07) is 13.6. The Balaban J connectivity index is 1.87. The first-order valence-electron chi connectivity index (χ1n) is 9.06. The summed E-state index contributed by atoms with van der Waals surface area (Å²) in [6.07, 6.45) is 4.41. The molecular weight excluding hydrogens is 370 g/mol. The number of aromatic nitrogens is 1. The number of nitrogens with one attached hydrogen (secondary N) is 1. The molecule has 29 heavy (non-hydrogen) atoms. The van der Waals surface area contributed by atoms with Gasteiger partial charge in [-0.05, 0) is 42.0 Å². The predicted octanol–water partition coefficient (Wildman–Crippen LogP) is 3.30. The summed E-state index contributed by atoms with van der Waals surface area (Å²) < 4.78 is 5.71. The molecule has 4 amide bonds. The van der Waals surface area contributed by atoms with Gasteiger partial charge in [0.25, 0.3) is 11.8 Å². The van der Waals surface area contributed by atoms with Crippen molar-refractivity contribution >= 4 is 40.4 Å². The topological polar surface area (TPSA) is 88.6 Å². The normalized spacial score (nSPS) is 15.7. The van der Waals surface area contributed by atoms with E-state index in [2.05, 4.69) is 10.3 Å². The summed E-state index contributed by atoms with van der Waals surface area (Å²) in [7, 11) is 0. The lowest BCUT2D eigenvalue weighted by atomic mass is 9.99. The molecule has 0 bridgehead atoms. The van der Waals surface area contributed by atoms with Crippen molar-refractivity contribution in [3.8, 4) is 5.75 Å². The molecule has 1 aromatic heterocycles. The van der Waals surface area contributed by atoms with Gasteiger partial charge in [-0.1, -0.05) is 30.3 Å². The molecule has 0 radical (unpaired) electrons. The minimum absolute atomic E-state index is 0.154. The van der Waals surface area contributed by atoms with E-state index in [9.17, 15) is 14.4 Å². The molecule has 0 unspecified atom stereocenters. The first-order chi connectivity index (χ1) is 14.1. The van der Waals surface area contributed by atoms with E-state index in [1.165, 1.54) is 30.6 Å². The molecule has 7 heteroatoms. The van der Waals surface area contributed by atoms with Crippen molar-refractivity contribution in [2.24, 2.45) is 0 Å². The van der Waals surface area contributed by atoms with Crippen molar-refractivity contribution in [3.63, 3.8) is 0 Å². The second-order valence-corrected chi connectivity index (χ2v) is 6.29. The lowest BCUT2D eigenvalue weighted by molar-refractivity contribution is -0.122. The van der Waals surface area contributed by atoms with Crippen LogP contribution in [0.4, 0.5) is 10.5 Å². The van der Waals surface area contributed by atoms with Gasteiger partial charge in [0.1, 0.15) is 11.3 Å². The number of ether oxygens (including phenoxy) is 1. The number of anilines is 1. The molecule has 7 nitrogen and oxygen atoms in total. The Kier molecular flexibility index (Phi) is 4.78.